The highest BCUT2D eigenvalue weighted by Crippen LogP contribution is 2.29. The van der Waals surface area contributed by atoms with E-state index in [4.69, 9.17) is 0 Å². The lowest BCUT2D eigenvalue weighted by atomic mass is 10.1. The van der Waals surface area contributed by atoms with Crippen molar-refractivity contribution in [3.63, 3.8) is 0 Å². The van der Waals surface area contributed by atoms with Gasteiger partial charge in [0.2, 0.25) is 5.95 Å². The lowest BCUT2D eigenvalue weighted by molar-refractivity contribution is -0.275. The molecule has 0 atom stereocenters. The molecule has 19 heavy (non-hydrogen) atoms. The highest BCUT2D eigenvalue weighted by molar-refractivity contribution is 9.08. The topological polar surface area (TPSA) is 48.4 Å². The molecule has 9 heteroatoms. The fourth-order valence-corrected chi connectivity index (χ4v) is 1.51. The smallest absolute Gasteiger partial charge is 0.469 e. The monoisotopic (exact) mass is 345 g/mol. The third kappa shape index (κ3) is 4.66. The van der Waals surface area contributed by atoms with Gasteiger partial charge in [0, 0.05) is 11.4 Å². The normalized spacial score (nSPS) is 11.3. The number of methoxy groups -OCH3 is 1. The number of carbonyl (C=O) groups excluding carboxylic acids is 1. The SMILES string of the molecule is COC(=O)Cc1c(OC(F)(F)F)cc(CBr)nc1F. The number of carbonyl (C=O) groups is 1. The molecular formula is C10H8BrF4NO3. The molecule has 0 amide bonds. The van der Waals surface area contributed by atoms with E-state index in [0.717, 1.165) is 13.2 Å². The number of rotatable bonds is 4. The molecule has 0 fully saturated rings. The lowest BCUT2D eigenvalue weighted by Gasteiger charge is -2.14. The van der Waals surface area contributed by atoms with Gasteiger partial charge in [-0.3, -0.25) is 4.79 Å². The Morgan fingerprint density at radius 1 is 1.47 bits per heavy atom. The molecule has 0 saturated carbocycles. The first kappa shape index (κ1) is 15.7. The van der Waals surface area contributed by atoms with Crippen LogP contribution in [0.2, 0.25) is 0 Å². The van der Waals surface area contributed by atoms with E-state index in [0.29, 0.717) is 0 Å². The minimum Gasteiger partial charge on any atom is -0.469 e. The summed E-state index contributed by atoms with van der Waals surface area (Å²) in [5.41, 5.74) is -0.598. The number of hydrogen-bond donors (Lipinski definition) is 0. The van der Waals surface area contributed by atoms with Gasteiger partial charge in [-0.25, -0.2) is 4.98 Å². The molecule has 0 aliphatic carbocycles. The van der Waals surface area contributed by atoms with Crippen LogP contribution in [0, 0.1) is 5.95 Å². The van der Waals surface area contributed by atoms with Crippen LogP contribution in [0.25, 0.3) is 0 Å². The third-order valence-electron chi connectivity index (χ3n) is 2.00. The second-order valence-electron chi connectivity index (χ2n) is 3.32. The van der Waals surface area contributed by atoms with E-state index in [-0.39, 0.29) is 11.0 Å². The van der Waals surface area contributed by atoms with Gasteiger partial charge in [0.1, 0.15) is 5.75 Å². The summed E-state index contributed by atoms with van der Waals surface area (Å²) in [4.78, 5) is 14.4. The Bertz CT molecular complexity index is 479. The molecule has 0 bridgehead atoms. The maximum Gasteiger partial charge on any atom is 0.573 e. The van der Waals surface area contributed by atoms with Gasteiger partial charge in [0.25, 0.3) is 0 Å². The van der Waals surface area contributed by atoms with E-state index in [1.807, 2.05) is 0 Å². The van der Waals surface area contributed by atoms with E-state index >= 15 is 0 Å². The minimum absolute atomic E-state index is 0.00497. The van der Waals surface area contributed by atoms with Crippen LogP contribution in [-0.2, 0) is 21.3 Å². The summed E-state index contributed by atoms with van der Waals surface area (Å²) in [6, 6.07) is 0.906. The number of nitrogens with zero attached hydrogens (tertiary/aromatic N) is 1. The number of aromatic nitrogens is 1. The predicted molar refractivity (Wildman–Crippen MR) is 59.2 cm³/mol. The molecular weight excluding hydrogens is 338 g/mol. The highest BCUT2D eigenvalue weighted by Gasteiger charge is 2.33. The van der Waals surface area contributed by atoms with Gasteiger partial charge in [-0.2, -0.15) is 4.39 Å². The lowest BCUT2D eigenvalue weighted by Crippen LogP contribution is -2.20. The Kier molecular flexibility index (Phi) is 5.10. The van der Waals surface area contributed by atoms with Crippen molar-refractivity contribution in [1.29, 1.82) is 0 Å². The molecule has 0 aliphatic heterocycles. The molecule has 0 N–H and O–H groups in total. The molecule has 1 rings (SSSR count). The van der Waals surface area contributed by atoms with Crippen LogP contribution in [0.15, 0.2) is 6.07 Å². The van der Waals surface area contributed by atoms with Crippen molar-refractivity contribution in [3.8, 4) is 5.75 Å². The van der Waals surface area contributed by atoms with Crippen LogP contribution in [0.1, 0.15) is 11.3 Å². The predicted octanol–water partition coefficient (Wildman–Crippen LogP) is 2.73. The van der Waals surface area contributed by atoms with E-state index in [9.17, 15) is 22.4 Å². The van der Waals surface area contributed by atoms with Crippen molar-refractivity contribution in [1.82, 2.24) is 4.98 Å². The average Bonchev–Trinajstić information content (AvgIpc) is 2.30. The van der Waals surface area contributed by atoms with Gasteiger partial charge in [-0.05, 0) is 0 Å². The van der Waals surface area contributed by atoms with Crippen molar-refractivity contribution < 1.29 is 31.8 Å². The van der Waals surface area contributed by atoms with Gasteiger partial charge in [0.05, 0.1) is 24.8 Å². The number of hydrogen-bond acceptors (Lipinski definition) is 4. The molecule has 4 nitrogen and oxygen atoms in total. The second kappa shape index (κ2) is 6.18. The van der Waals surface area contributed by atoms with Crippen molar-refractivity contribution in [2.24, 2.45) is 0 Å². The largest absolute Gasteiger partial charge is 0.573 e. The number of esters is 1. The fourth-order valence-electron chi connectivity index (χ4n) is 1.23. The molecule has 0 radical (unpaired) electrons. The minimum atomic E-state index is -5.00. The van der Waals surface area contributed by atoms with Crippen molar-refractivity contribution in [3.05, 3.63) is 23.3 Å². The first-order valence-electron chi connectivity index (χ1n) is 4.83. The Labute approximate surface area is 113 Å². The zero-order chi connectivity index (χ0) is 14.6. The van der Waals surface area contributed by atoms with E-state index in [1.165, 1.54) is 0 Å². The first-order chi connectivity index (χ1) is 8.76. The van der Waals surface area contributed by atoms with Crippen LogP contribution in [0.3, 0.4) is 0 Å². The summed E-state index contributed by atoms with van der Waals surface area (Å²) in [7, 11) is 1.03. The van der Waals surface area contributed by atoms with Gasteiger partial charge >= 0.3 is 12.3 Å². The second-order valence-corrected chi connectivity index (χ2v) is 3.88. The zero-order valence-electron chi connectivity index (χ0n) is 9.55. The molecule has 0 saturated heterocycles. The first-order valence-corrected chi connectivity index (χ1v) is 5.95. The van der Waals surface area contributed by atoms with Crippen LogP contribution in [0.4, 0.5) is 17.6 Å². The fraction of sp³-hybridized carbons (Fsp3) is 0.400. The van der Waals surface area contributed by atoms with Crippen LogP contribution in [0.5, 0.6) is 5.75 Å². The van der Waals surface area contributed by atoms with E-state index < -0.39 is 36.0 Å². The number of ether oxygens (including phenoxy) is 2. The van der Waals surface area contributed by atoms with Crippen LogP contribution in [-0.4, -0.2) is 24.4 Å². The maximum atomic E-state index is 13.6. The molecule has 1 aromatic heterocycles. The third-order valence-corrected chi connectivity index (χ3v) is 2.57. The highest BCUT2D eigenvalue weighted by atomic mass is 79.9. The van der Waals surface area contributed by atoms with Gasteiger partial charge in [0.15, 0.2) is 0 Å². The van der Waals surface area contributed by atoms with E-state index in [2.05, 4.69) is 30.4 Å². The Balaban J connectivity index is 3.21. The molecule has 0 aliphatic rings. The summed E-state index contributed by atoms with van der Waals surface area (Å²) >= 11 is 2.94. The van der Waals surface area contributed by atoms with Gasteiger partial charge in [-0.15, -0.1) is 13.2 Å². The van der Waals surface area contributed by atoms with Gasteiger partial charge in [-0.1, -0.05) is 15.9 Å². The van der Waals surface area contributed by atoms with Crippen molar-refractivity contribution in [2.75, 3.05) is 7.11 Å². The zero-order valence-corrected chi connectivity index (χ0v) is 11.1. The summed E-state index contributed by atoms with van der Waals surface area (Å²) in [5.74, 6) is -2.92. The maximum absolute atomic E-state index is 13.6. The standard InChI is InChI=1S/C10H8BrF4NO3/c1-18-8(17)3-6-7(19-10(13,14)15)2-5(4-11)16-9(6)12/h2H,3-4H2,1H3. The summed E-state index contributed by atoms with van der Waals surface area (Å²) in [6.07, 6.45) is -5.70. The number of alkyl halides is 4. The Morgan fingerprint density at radius 3 is 2.58 bits per heavy atom. The molecule has 0 unspecified atom stereocenters. The Morgan fingerprint density at radius 2 is 2.11 bits per heavy atom. The van der Waals surface area contributed by atoms with Crippen molar-refractivity contribution >= 4 is 21.9 Å². The number of halogens is 5. The van der Waals surface area contributed by atoms with E-state index in [1.54, 1.807) is 0 Å². The Hall–Kier alpha value is -1.38. The number of pyridine rings is 1. The summed E-state index contributed by atoms with van der Waals surface area (Å²) in [6.45, 7) is 0. The molecule has 1 aromatic rings. The quantitative estimate of drug-likeness (QED) is 0.364. The van der Waals surface area contributed by atoms with Crippen molar-refractivity contribution in [2.45, 2.75) is 18.1 Å². The average molecular weight is 346 g/mol. The summed E-state index contributed by atoms with van der Waals surface area (Å²) < 4.78 is 58.2. The van der Waals surface area contributed by atoms with Gasteiger partial charge < -0.3 is 9.47 Å². The molecule has 106 valence electrons. The van der Waals surface area contributed by atoms with Crippen LogP contribution < -0.4 is 4.74 Å². The molecule has 1 heterocycles. The summed E-state index contributed by atoms with van der Waals surface area (Å²) in [5, 5.41) is 0.0383. The molecule has 0 spiro atoms. The molecule has 0 aromatic carbocycles. The van der Waals surface area contributed by atoms with Crippen LogP contribution >= 0.6 is 15.9 Å².